The first-order valence-corrected chi connectivity index (χ1v) is 6.39. The highest BCUT2D eigenvalue weighted by Crippen LogP contribution is 2.09. The second kappa shape index (κ2) is 6.86. The fourth-order valence-corrected chi connectivity index (χ4v) is 2.06. The first-order valence-electron chi connectivity index (χ1n) is 6.39. The van der Waals surface area contributed by atoms with Crippen LogP contribution in [0.4, 0.5) is 0 Å². The lowest BCUT2D eigenvalue weighted by Crippen LogP contribution is -2.43. The van der Waals surface area contributed by atoms with Crippen molar-refractivity contribution in [3.8, 4) is 0 Å². The summed E-state index contributed by atoms with van der Waals surface area (Å²) in [6.45, 7) is 8.36. The monoisotopic (exact) mass is 227 g/mol. The number of likely N-dealkylation sites (tertiary alicyclic amines) is 1. The zero-order chi connectivity index (χ0) is 12.0. The highest BCUT2D eigenvalue weighted by atomic mass is 16.2. The topological polar surface area (TPSA) is 58.4 Å². The molecular weight excluding hydrogens is 202 g/mol. The smallest absolute Gasteiger partial charge is 0.236 e. The van der Waals surface area contributed by atoms with Gasteiger partial charge in [0.15, 0.2) is 0 Å². The van der Waals surface area contributed by atoms with Crippen LogP contribution >= 0.6 is 0 Å². The minimum atomic E-state index is -0.348. The molecule has 94 valence electrons. The minimum absolute atomic E-state index is 0.0178. The van der Waals surface area contributed by atoms with Gasteiger partial charge in [-0.25, -0.2) is 0 Å². The molecule has 4 nitrogen and oxygen atoms in total. The molecule has 1 aliphatic heterocycles. The number of carbonyl (C=O) groups is 1. The predicted molar refractivity (Wildman–Crippen MR) is 66.1 cm³/mol. The molecule has 0 spiro atoms. The summed E-state index contributed by atoms with van der Waals surface area (Å²) in [6.07, 6.45) is 3.34. The molecule has 1 rings (SSSR count). The van der Waals surface area contributed by atoms with Crippen molar-refractivity contribution in [2.24, 2.45) is 11.7 Å². The van der Waals surface area contributed by atoms with Gasteiger partial charge in [-0.15, -0.1) is 0 Å². The van der Waals surface area contributed by atoms with Gasteiger partial charge in [0.05, 0.1) is 6.04 Å². The van der Waals surface area contributed by atoms with Crippen molar-refractivity contribution < 1.29 is 4.79 Å². The van der Waals surface area contributed by atoms with Gasteiger partial charge in [-0.05, 0) is 38.3 Å². The van der Waals surface area contributed by atoms with Gasteiger partial charge in [0, 0.05) is 13.1 Å². The SMILES string of the molecule is CCC(N)C(=O)NCC(C)CN1CCCC1. The Labute approximate surface area is 98.6 Å². The summed E-state index contributed by atoms with van der Waals surface area (Å²) in [6, 6.07) is -0.348. The van der Waals surface area contributed by atoms with E-state index in [0.29, 0.717) is 12.3 Å². The molecule has 0 aromatic rings. The number of rotatable bonds is 6. The van der Waals surface area contributed by atoms with Crippen LogP contribution in [0.2, 0.25) is 0 Å². The highest BCUT2D eigenvalue weighted by molar-refractivity contribution is 5.81. The van der Waals surface area contributed by atoms with Gasteiger partial charge in [-0.2, -0.15) is 0 Å². The maximum atomic E-state index is 11.5. The van der Waals surface area contributed by atoms with Crippen molar-refractivity contribution in [2.75, 3.05) is 26.2 Å². The number of nitrogens with one attached hydrogen (secondary N) is 1. The van der Waals surface area contributed by atoms with Gasteiger partial charge in [0.25, 0.3) is 0 Å². The van der Waals surface area contributed by atoms with E-state index >= 15 is 0 Å². The summed E-state index contributed by atoms with van der Waals surface area (Å²) < 4.78 is 0. The van der Waals surface area contributed by atoms with Crippen LogP contribution in [0.25, 0.3) is 0 Å². The van der Waals surface area contributed by atoms with Crippen molar-refractivity contribution in [2.45, 2.75) is 39.2 Å². The number of hydrogen-bond acceptors (Lipinski definition) is 3. The fraction of sp³-hybridized carbons (Fsp3) is 0.917. The Morgan fingerprint density at radius 2 is 2.06 bits per heavy atom. The van der Waals surface area contributed by atoms with Crippen molar-refractivity contribution >= 4 is 5.91 Å². The molecule has 2 unspecified atom stereocenters. The van der Waals surface area contributed by atoms with Gasteiger partial charge >= 0.3 is 0 Å². The molecule has 0 saturated carbocycles. The van der Waals surface area contributed by atoms with Crippen LogP contribution in [0.1, 0.15) is 33.1 Å². The van der Waals surface area contributed by atoms with Gasteiger partial charge in [0.2, 0.25) is 5.91 Å². The second-order valence-electron chi connectivity index (χ2n) is 4.87. The molecule has 0 aliphatic carbocycles. The Hall–Kier alpha value is -0.610. The van der Waals surface area contributed by atoms with Crippen LogP contribution < -0.4 is 11.1 Å². The first kappa shape index (κ1) is 13.5. The summed E-state index contributed by atoms with van der Waals surface area (Å²) in [5.74, 6) is 0.488. The van der Waals surface area contributed by atoms with Crippen LogP contribution in [-0.4, -0.2) is 43.0 Å². The van der Waals surface area contributed by atoms with Crippen LogP contribution in [0.3, 0.4) is 0 Å². The molecule has 2 atom stereocenters. The van der Waals surface area contributed by atoms with E-state index in [2.05, 4.69) is 17.1 Å². The predicted octanol–water partition coefficient (Wildman–Crippen LogP) is 0.572. The van der Waals surface area contributed by atoms with Crippen molar-refractivity contribution in [1.29, 1.82) is 0 Å². The van der Waals surface area contributed by atoms with E-state index in [1.807, 2.05) is 6.92 Å². The zero-order valence-corrected chi connectivity index (χ0v) is 10.5. The van der Waals surface area contributed by atoms with E-state index in [9.17, 15) is 4.79 Å². The summed E-state index contributed by atoms with van der Waals surface area (Å²) in [4.78, 5) is 13.9. The first-order chi connectivity index (χ1) is 7.63. The van der Waals surface area contributed by atoms with Crippen LogP contribution in [0, 0.1) is 5.92 Å². The minimum Gasteiger partial charge on any atom is -0.354 e. The van der Waals surface area contributed by atoms with Gasteiger partial charge in [-0.1, -0.05) is 13.8 Å². The molecule has 0 aromatic carbocycles. The van der Waals surface area contributed by atoms with Gasteiger partial charge in [-0.3, -0.25) is 4.79 Å². The van der Waals surface area contributed by atoms with Crippen LogP contribution in [0.15, 0.2) is 0 Å². The van der Waals surface area contributed by atoms with E-state index in [0.717, 1.165) is 13.1 Å². The third-order valence-electron chi connectivity index (χ3n) is 3.17. The lowest BCUT2D eigenvalue weighted by Gasteiger charge is -2.21. The molecule has 0 aromatic heterocycles. The summed E-state index contributed by atoms with van der Waals surface area (Å²) in [7, 11) is 0. The normalized spacial score (nSPS) is 20.7. The molecule has 1 amide bonds. The molecule has 1 heterocycles. The third kappa shape index (κ3) is 4.49. The number of hydrogen-bond donors (Lipinski definition) is 2. The average Bonchev–Trinajstić information content (AvgIpc) is 2.77. The fourth-order valence-electron chi connectivity index (χ4n) is 2.06. The second-order valence-corrected chi connectivity index (χ2v) is 4.87. The lowest BCUT2D eigenvalue weighted by molar-refractivity contribution is -0.122. The van der Waals surface area contributed by atoms with E-state index in [4.69, 9.17) is 5.73 Å². The standard InChI is InChI=1S/C12H25N3O/c1-3-11(13)12(16)14-8-10(2)9-15-6-4-5-7-15/h10-11H,3-9,13H2,1-2H3,(H,14,16). The molecule has 3 N–H and O–H groups in total. The van der Waals surface area contributed by atoms with E-state index in [1.165, 1.54) is 25.9 Å². The van der Waals surface area contributed by atoms with Crippen molar-refractivity contribution in [3.05, 3.63) is 0 Å². The Bertz CT molecular complexity index is 214. The lowest BCUT2D eigenvalue weighted by atomic mass is 10.1. The number of carbonyl (C=O) groups excluding carboxylic acids is 1. The molecule has 1 aliphatic rings. The molecule has 0 bridgehead atoms. The average molecular weight is 227 g/mol. The zero-order valence-electron chi connectivity index (χ0n) is 10.5. The number of amides is 1. The highest BCUT2D eigenvalue weighted by Gasteiger charge is 2.16. The summed E-state index contributed by atoms with van der Waals surface area (Å²) >= 11 is 0. The summed E-state index contributed by atoms with van der Waals surface area (Å²) in [5.41, 5.74) is 5.64. The van der Waals surface area contributed by atoms with Gasteiger partial charge in [0.1, 0.15) is 0 Å². The Kier molecular flexibility index (Phi) is 5.77. The Morgan fingerprint density at radius 1 is 1.44 bits per heavy atom. The molecule has 4 heteroatoms. The van der Waals surface area contributed by atoms with Crippen LogP contribution in [0.5, 0.6) is 0 Å². The number of nitrogens with zero attached hydrogens (tertiary/aromatic N) is 1. The van der Waals surface area contributed by atoms with Gasteiger partial charge < -0.3 is 16.0 Å². The Balaban J connectivity index is 2.13. The van der Waals surface area contributed by atoms with Crippen molar-refractivity contribution in [3.63, 3.8) is 0 Å². The maximum Gasteiger partial charge on any atom is 0.236 e. The molecule has 1 fully saturated rings. The number of nitrogens with two attached hydrogens (primary N) is 1. The largest absolute Gasteiger partial charge is 0.354 e. The quantitative estimate of drug-likeness (QED) is 0.697. The Morgan fingerprint density at radius 3 is 2.62 bits per heavy atom. The van der Waals surface area contributed by atoms with E-state index in [-0.39, 0.29) is 11.9 Å². The van der Waals surface area contributed by atoms with E-state index in [1.54, 1.807) is 0 Å². The molecule has 16 heavy (non-hydrogen) atoms. The maximum absolute atomic E-state index is 11.5. The molecule has 0 radical (unpaired) electrons. The summed E-state index contributed by atoms with van der Waals surface area (Å²) in [5, 5.41) is 2.92. The van der Waals surface area contributed by atoms with Crippen LogP contribution in [-0.2, 0) is 4.79 Å². The van der Waals surface area contributed by atoms with E-state index < -0.39 is 0 Å². The molecule has 1 saturated heterocycles. The third-order valence-corrected chi connectivity index (χ3v) is 3.17. The molecular formula is C12H25N3O. The van der Waals surface area contributed by atoms with Crippen molar-refractivity contribution in [1.82, 2.24) is 10.2 Å².